The number of nitrogens with zero attached hydrogens (tertiary/aromatic N) is 3. The van der Waals surface area contributed by atoms with Crippen molar-refractivity contribution in [2.24, 2.45) is 11.8 Å². The third-order valence-electron chi connectivity index (χ3n) is 6.99. The summed E-state index contributed by atoms with van der Waals surface area (Å²) >= 11 is 5.87. The zero-order chi connectivity index (χ0) is 30.8. The van der Waals surface area contributed by atoms with Gasteiger partial charge in [-0.3, -0.25) is 19.2 Å². The van der Waals surface area contributed by atoms with Crippen LogP contribution in [0.15, 0.2) is 24.4 Å². The van der Waals surface area contributed by atoms with E-state index in [1.165, 1.54) is 41.8 Å². The summed E-state index contributed by atoms with van der Waals surface area (Å²) in [6.45, 7) is 7.91. The van der Waals surface area contributed by atoms with Crippen LogP contribution in [0.25, 0.3) is 5.69 Å². The molecule has 0 unspecified atom stereocenters. The average molecular weight is 602 g/mol. The van der Waals surface area contributed by atoms with Gasteiger partial charge in [-0.1, -0.05) is 39.3 Å². The molecule has 41 heavy (non-hydrogen) atoms. The largest absolute Gasteiger partial charge is 0.452 e. The second-order valence-electron chi connectivity index (χ2n) is 10.6. The lowest BCUT2D eigenvalue weighted by atomic mass is 9.98. The van der Waals surface area contributed by atoms with Crippen LogP contribution >= 0.6 is 11.6 Å². The number of benzene rings is 1. The number of carbonyl (C=O) groups is 4. The maximum absolute atomic E-state index is 13.6. The zero-order valence-electron chi connectivity index (χ0n) is 23.2. The number of halogens is 5. The van der Waals surface area contributed by atoms with E-state index in [1.807, 2.05) is 0 Å². The van der Waals surface area contributed by atoms with Gasteiger partial charge in [-0.2, -0.15) is 18.3 Å². The number of hydrogen-bond donors (Lipinski definition) is 2. The lowest BCUT2D eigenvalue weighted by Crippen LogP contribution is -2.58. The third kappa shape index (κ3) is 7.06. The number of Topliss-reactive ketones (excluding diaryl/α,β-unsaturated/α-hetero) is 1. The second-order valence-corrected chi connectivity index (χ2v) is 11.0. The first-order valence-electron chi connectivity index (χ1n) is 13.1. The summed E-state index contributed by atoms with van der Waals surface area (Å²) in [6, 6.07) is -0.0159. The molecule has 1 aliphatic rings. The van der Waals surface area contributed by atoms with Crippen molar-refractivity contribution in [1.82, 2.24) is 25.3 Å². The van der Waals surface area contributed by atoms with Crippen LogP contribution in [0.5, 0.6) is 0 Å². The summed E-state index contributed by atoms with van der Waals surface area (Å²) in [5, 5.41) is 8.93. The van der Waals surface area contributed by atoms with Crippen LogP contribution < -0.4 is 10.6 Å². The minimum atomic E-state index is -5.13. The van der Waals surface area contributed by atoms with Crippen LogP contribution in [0.2, 0.25) is 5.02 Å². The lowest BCUT2D eigenvalue weighted by Gasteiger charge is -2.31. The number of carbonyl (C=O) groups excluding carboxylic acids is 4. The molecular formula is C27H32ClF4N5O4. The standard InChI is InChI=1S/C27H32ClF4N5O4/c1-13(2)21(23(38)27(30,31)32)34-25(40)20-7-6-10-36(20)26(41)22(14(3)4)35-24(39)17-12-33-37(15(17)5)16-8-9-19(29)18(28)11-16/h8-9,11-14,20-22H,6-7,10H2,1-5H3,(H,34,40)(H,35,39)/t20-,21-,22-/m0/s1. The molecule has 2 N–H and O–H groups in total. The number of likely N-dealkylation sites (tertiary alicyclic amines) is 1. The molecule has 3 rings (SSSR count). The maximum atomic E-state index is 13.6. The molecule has 14 heteroatoms. The number of nitrogens with one attached hydrogen (secondary N) is 2. The van der Waals surface area contributed by atoms with Crippen molar-refractivity contribution in [3.8, 4) is 5.69 Å². The fourth-order valence-corrected chi connectivity index (χ4v) is 4.86. The Labute approximate surface area is 239 Å². The monoisotopic (exact) mass is 601 g/mol. The molecule has 224 valence electrons. The van der Waals surface area contributed by atoms with E-state index < -0.39 is 65.5 Å². The Morgan fingerprint density at radius 2 is 1.68 bits per heavy atom. The molecular weight excluding hydrogens is 570 g/mol. The van der Waals surface area contributed by atoms with Gasteiger partial charge < -0.3 is 15.5 Å². The van der Waals surface area contributed by atoms with Crippen LogP contribution in [-0.2, 0) is 14.4 Å². The summed E-state index contributed by atoms with van der Waals surface area (Å²) in [5.74, 6) is -6.00. The smallest absolute Gasteiger partial charge is 0.344 e. The van der Waals surface area contributed by atoms with Gasteiger partial charge in [0.25, 0.3) is 11.7 Å². The molecule has 1 aliphatic heterocycles. The lowest BCUT2D eigenvalue weighted by molar-refractivity contribution is -0.175. The molecule has 9 nitrogen and oxygen atoms in total. The molecule has 2 aromatic rings. The molecule has 3 atom stereocenters. The van der Waals surface area contributed by atoms with Crippen LogP contribution in [0.4, 0.5) is 17.6 Å². The summed E-state index contributed by atoms with van der Waals surface area (Å²) in [7, 11) is 0. The van der Waals surface area contributed by atoms with Gasteiger partial charge in [0.15, 0.2) is 0 Å². The Morgan fingerprint density at radius 1 is 1.05 bits per heavy atom. The first-order chi connectivity index (χ1) is 19.0. The summed E-state index contributed by atoms with van der Waals surface area (Å²) in [4.78, 5) is 52.9. The summed E-state index contributed by atoms with van der Waals surface area (Å²) < 4.78 is 54.2. The predicted molar refractivity (Wildman–Crippen MR) is 142 cm³/mol. The Hall–Kier alpha value is -3.48. The molecule has 0 spiro atoms. The zero-order valence-corrected chi connectivity index (χ0v) is 23.9. The molecule has 1 aromatic heterocycles. The molecule has 1 saturated heterocycles. The molecule has 0 radical (unpaired) electrons. The normalized spacial score (nSPS) is 17.1. The van der Waals surface area contributed by atoms with E-state index in [1.54, 1.807) is 20.8 Å². The van der Waals surface area contributed by atoms with Crippen LogP contribution in [0, 0.1) is 24.6 Å². The third-order valence-corrected chi connectivity index (χ3v) is 7.28. The van der Waals surface area contributed by atoms with Crippen LogP contribution in [0.1, 0.15) is 56.6 Å². The van der Waals surface area contributed by atoms with Crippen molar-refractivity contribution in [2.75, 3.05) is 6.54 Å². The highest BCUT2D eigenvalue weighted by molar-refractivity contribution is 6.30. The van der Waals surface area contributed by atoms with Gasteiger partial charge in [0.05, 0.1) is 34.2 Å². The number of alkyl halides is 3. The highest BCUT2D eigenvalue weighted by Gasteiger charge is 2.46. The fraction of sp³-hybridized carbons (Fsp3) is 0.519. The number of aromatic nitrogens is 2. The minimum absolute atomic E-state index is 0.124. The van der Waals surface area contributed by atoms with Crippen LogP contribution in [0.3, 0.4) is 0 Å². The van der Waals surface area contributed by atoms with Gasteiger partial charge >= 0.3 is 6.18 Å². The number of amides is 3. The molecule has 0 saturated carbocycles. The highest BCUT2D eigenvalue weighted by Crippen LogP contribution is 2.25. The molecule has 0 bridgehead atoms. The summed E-state index contributed by atoms with van der Waals surface area (Å²) in [5.41, 5.74) is 0.955. The van der Waals surface area contributed by atoms with E-state index in [0.29, 0.717) is 17.8 Å². The highest BCUT2D eigenvalue weighted by atomic mass is 35.5. The number of hydrogen-bond acceptors (Lipinski definition) is 5. The van der Waals surface area contributed by atoms with Crippen molar-refractivity contribution in [1.29, 1.82) is 0 Å². The van der Waals surface area contributed by atoms with E-state index in [2.05, 4.69) is 15.7 Å². The average Bonchev–Trinajstić information content (AvgIpc) is 3.52. The molecule has 1 aromatic carbocycles. The first kappa shape index (κ1) is 32.0. The van der Waals surface area contributed by atoms with Gasteiger partial charge in [0, 0.05) is 6.54 Å². The van der Waals surface area contributed by atoms with Gasteiger partial charge in [-0.15, -0.1) is 0 Å². The van der Waals surface area contributed by atoms with Gasteiger partial charge in [0.1, 0.15) is 17.9 Å². The van der Waals surface area contributed by atoms with E-state index in [-0.39, 0.29) is 23.6 Å². The second kappa shape index (κ2) is 12.6. The Balaban J connectivity index is 1.78. The van der Waals surface area contributed by atoms with Crippen molar-refractivity contribution < 1.29 is 36.7 Å². The number of ketones is 1. The SMILES string of the molecule is Cc1c(C(=O)N[C@H](C(=O)N2CCC[C@H]2C(=O)N[C@H](C(=O)C(F)(F)F)C(C)C)C(C)C)cnn1-c1ccc(F)c(Cl)c1. The van der Waals surface area contributed by atoms with Crippen molar-refractivity contribution in [2.45, 2.75) is 71.8 Å². The van der Waals surface area contributed by atoms with Crippen molar-refractivity contribution in [3.63, 3.8) is 0 Å². The maximum Gasteiger partial charge on any atom is 0.452 e. The van der Waals surface area contributed by atoms with Crippen molar-refractivity contribution >= 4 is 35.1 Å². The topological polar surface area (TPSA) is 113 Å². The molecule has 3 amide bonds. The van der Waals surface area contributed by atoms with E-state index in [9.17, 15) is 36.7 Å². The van der Waals surface area contributed by atoms with E-state index in [4.69, 9.17) is 11.6 Å². The summed E-state index contributed by atoms with van der Waals surface area (Å²) in [6.07, 6.45) is -3.24. The first-order valence-corrected chi connectivity index (χ1v) is 13.4. The van der Waals surface area contributed by atoms with Gasteiger partial charge in [-0.25, -0.2) is 9.07 Å². The quantitative estimate of drug-likeness (QED) is 0.422. The van der Waals surface area contributed by atoms with Crippen LogP contribution in [-0.4, -0.2) is 69.0 Å². The Bertz CT molecular complexity index is 1330. The van der Waals surface area contributed by atoms with E-state index in [0.717, 1.165) is 6.07 Å². The van der Waals surface area contributed by atoms with Crippen molar-refractivity contribution in [3.05, 3.63) is 46.5 Å². The molecule has 1 fully saturated rings. The molecule has 0 aliphatic carbocycles. The Kier molecular flexibility index (Phi) is 9.83. The fourth-order valence-electron chi connectivity index (χ4n) is 4.68. The minimum Gasteiger partial charge on any atom is -0.344 e. The number of rotatable bonds is 9. The molecule has 2 heterocycles. The van der Waals surface area contributed by atoms with Gasteiger partial charge in [-0.05, 0) is 49.8 Å². The Morgan fingerprint density at radius 3 is 2.24 bits per heavy atom. The van der Waals surface area contributed by atoms with E-state index >= 15 is 0 Å². The predicted octanol–water partition coefficient (Wildman–Crippen LogP) is 3.99. The van der Waals surface area contributed by atoms with Gasteiger partial charge in [0.2, 0.25) is 11.8 Å².